The molecule has 23 heavy (non-hydrogen) atoms. The van der Waals surface area contributed by atoms with Crippen LogP contribution in [0.15, 0.2) is 30.4 Å². The van der Waals surface area contributed by atoms with E-state index in [1.807, 2.05) is 0 Å². The van der Waals surface area contributed by atoms with Gasteiger partial charge in [-0.25, -0.2) is 0 Å². The second-order valence-electron chi connectivity index (χ2n) is 6.81. The van der Waals surface area contributed by atoms with Gasteiger partial charge in [-0.1, -0.05) is 30.4 Å². The summed E-state index contributed by atoms with van der Waals surface area (Å²) in [5, 5.41) is 0. The van der Waals surface area contributed by atoms with Crippen molar-refractivity contribution >= 4 is 0 Å². The molecule has 1 aromatic carbocycles. The molecule has 0 spiro atoms. The second kappa shape index (κ2) is 7.06. The molecular formula is C20H26O3. The highest BCUT2D eigenvalue weighted by atomic mass is 16.7. The third-order valence-electron chi connectivity index (χ3n) is 5.15. The molecule has 1 fully saturated rings. The summed E-state index contributed by atoms with van der Waals surface area (Å²) >= 11 is 0. The van der Waals surface area contributed by atoms with E-state index in [0.29, 0.717) is 12.0 Å². The van der Waals surface area contributed by atoms with Gasteiger partial charge < -0.3 is 14.2 Å². The average Bonchev–Trinajstić information content (AvgIpc) is 3.17. The third kappa shape index (κ3) is 3.31. The number of ether oxygens (including phenoxy) is 3. The zero-order valence-electron chi connectivity index (χ0n) is 13.7. The molecule has 2 heterocycles. The Labute approximate surface area is 138 Å². The molecule has 3 aliphatic rings. The topological polar surface area (TPSA) is 27.7 Å². The van der Waals surface area contributed by atoms with Gasteiger partial charge in [0.05, 0.1) is 0 Å². The zero-order valence-corrected chi connectivity index (χ0v) is 13.7. The van der Waals surface area contributed by atoms with E-state index in [1.165, 1.54) is 24.0 Å². The number of hydrogen-bond acceptors (Lipinski definition) is 3. The van der Waals surface area contributed by atoms with Gasteiger partial charge in [0.1, 0.15) is 11.9 Å². The van der Waals surface area contributed by atoms with Crippen LogP contribution in [0.25, 0.3) is 0 Å². The monoisotopic (exact) mass is 314 g/mol. The second-order valence-corrected chi connectivity index (χ2v) is 6.81. The molecule has 3 atom stereocenters. The maximum absolute atomic E-state index is 6.20. The van der Waals surface area contributed by atoms with Crippen molar-refractivity contribution in [3.8, 4) is 5.75 Å². The van der Waals surface area contributed by atoms with Crippen LogP contribution in [0.5, 0.6) is 5.75 Å². The van der Waals surface area contributed by atoms with E-state index >= 15 is 0 Å². The molecule has 0 amide bonds. The fourth-order valence-corrected chi connectivity index (χ4v) is 3.89. The molecule has 1 saturated heterocycles. The molecule has 2 aliphatic heterocycles. The molecule has 0 radical (unpaired) electrons. The number of fused-ring (bicyclic) bond motifs is 3. The maximum atomic E-state index is 6.20. The van der Waals surface area contributed by atoms with E-state index in [9.17, 15) is 0 Å². The van der Waals surface area contributed by atoms with Crippen LogP contribution in [0, 0.1) is 0 Å². The quantitative estimate of drug-likeness (QED) is 0.577. The van der Waals surface area contributed by atoms with Crippen molar-refractivity contribution in [2.75, 3.05) is 13.2 Å². The summed E-state index contributed by atoms with van der Waals surface area (Å²) in [5.41, 5.74) is 2.74. The Balaban J connectivity index is 1.26. The third-order valence-corrected chi connectivity index (χ3v) is 5.15. The standard InChI is InChI=1S/C20H26O3/c1(3-13-21-19-12-2-4-14-22-19)7-15-8-5-10-17-16-9-6-11-18(16)23-20(15)17/h5-6,8-10,16,18-19H,1-4,7,11-14H2/t16-,18-,19?/m1/s1. The van der Waals surface area contributed by atoms with E-state index < -0.39 is 0 Å². The summed E-state index contributed by atoms with van der Waals surface area (Å²) in [6.45, 7) is 1.66. The summed E-state index contributed by atoms with van der Waals surface area (Å²) in [4.78, 5) is 0. The molecule has 124 valence electrons. The zero-order chi connectivity index (χ0) is 15.5. The van der Waals surface area contributed by atoms with Gasteiger partial charge >= 0.3 is 0 Å². The highest BCUT2D eigenvalue weighted by Crippen LogP contribution is 2.45. The number of para-hydroxylation sites is 1. The SMILES string of the molecule is C1=C[C@@H]2c3cccc(CCCCOC4CCCCO4)c3O[C@@H]2C1. The average molecular weight is 314 g/mol. The van der Waals surface area contributed by atoms with Crippen LogP contribution >= 0.6 is 0 Å². The van der Waals surface area contributed by atoms with Crippen LogP contribution in [0.2, 0.25) is 0 Å². The lowest BCUT2D eigenvalue weighted by Gasteiger charge is -2.22. The first-order chi connectivity index (χ1) is 11.4. The van der Waals surface area contributed by atoms with Crippen LogP contribution in [0.1, 0.15) is 55.6 Å². The molecule has 1 aromatic rings. The molecule has 0 bridgehead atoms. The summed E-state index contributed by atoms with van der Waals surface area (Å²) in [7, 11) is 0. The van der Waals surface area contributed by atoms with Gasteiger partial charge in [0.15, 0.2) is 6.29 Å². The minimum Gasteiger partial charge on any atom is -0.489 e. The Hall–Kier alpha value is -1.32. The molecule has 0 aromatic heterocycles. The number of benzene rings is 1. The van der Waals surface area contributed by atoms with E-state index in [1.54, 1.807) is 0 Å². The summed E-state index contributed by atoms with van der Waals surface area (Å²) in [6, 6.07) is 6.62. The van der Waals surface area contributed by atoms with Crippen molar-refractivity contribution in [1.29, 1.82) is 0 Å². The first-order valence-electron chi connectivity index (χ1n) is 9.10. The molecule has 0 saturated carbocycles. The Morgan fingerprint density at radius 3 is 3.09 bits per heavy atom. The lowest BCUT2D eigenvalue weighted by Crippen LogP contribution is -2.22. The minimum absolute atomic E-state index is 0.0409. The van der Waals surface area contributed by atoms with Gasteiger partial charge in [0.2, 0.25) is 0 Å². The number of hydrogen-bond donors (Lipinski definition) is 0. The van der Waals surface area contributed by atoms with E-state index in [4.69, 9.17) is 14.2 Å². The molecule has 3 nitrogen and oxygen atoms in total. The van der Waals surface area contributed by atoms with Crippen molar-refractivity contribution in [1.82, 2.24) is 0 Å². The fourth-order valence-electron chi connectivity index (χ4n) is 3.89. The van der Waals surface area contributed by atoms with Crippen LogP contribution in [0.4, 0.5) is 0 Å². The number of unbranched alkanes of at least 4 members (excludes halogenated alkanes) is 1. The van der Waals surface area contributed by atoms with E-state index in [0.717, 1.165) is 51.1 Å². The summed E-state index contributed by atoms with van der Waals surface area (Å²) < 4.78 is 17.6. The number of rotatable bonds is 6. The van der Waals surface area contributed by atoms with Crippen molar-refractivity contribution in [2.24, 2.45) is 0 Å². The normalized spacial score (nSPS) is 28.4. The minimum atomic E-state index is 0.0409. The van der Waals surface area contributed by atoms with Crippen molar-refractivity contribution in [2.45, 2.75) is 63.3 Å². The number of aryl methyl sites for hydroxylation is 1. The van der Waals surface area contributed by atoms with E-state index in [-0.39, 0.29) is 6.29 Å². The van der Waals surface area contributed by atoms with Gasteiger partial charge in [-0.3, -0.25) is 0 Å². The molecule has 3 heteroatoms. The van der Waals surface area contributed by atoms with Gasteiger partial charge in [0.25, 0.3) is 0 Å². The van der Waals surface area contributed by atoms with Gasteiger partial charge in [-0.15, -0.1) is 0 Å². The van der Waals surface area contributed by atoms with Gasteiger partial charge in [0, 0.05) is 31.1 Å². The maximum Gasteiger partial charge on any atom is 0.157 e. The summed E-state index contributed by atoms with van der Waals surface area (Å²) in [6.07, 6.45) is 12.7. The lowest BCUT2D eigenvalue weighted by molar-refractivity contribution is -0.162. The Kier molecular flexibility index (Phi) is 4.67. The van der Waals surface area contributed by atoms with Gasteiger partial charge in [-0.2, -0.15) is 0 Å². The molecule has 1 unspecified atom stereocenters. The fraction of sp³-hybridized carbons (Fsp3) is 0.600. The molecule has 4 rings (SSSR count). The Morgan fingerprint density at radius 1 is 1.17 bits per heavy atom. The van der Waals surface area contributed by atoms with Gasteiger partial charge in [-0.05, 0) is 44.1 Å². The van der Waals surface area contributed by atoms with Crippen molar-refractivity contribution in [3.63, 3.8) is 0 Å². The highest BCUT2D eigenvalue weighted by molar-refractivity contribution is 5.50. The molecular weight excluding hydrogens is 288 g/mol. The molecule has 0 N–H and O–H groups in total. The summed E-state index contributed by atoms with van der Waals surface area (Å²) in [5.74, 6) is 1.64. The van der Waals surface area contributed by atoms with Crippen LogP contribution in [-0.4, -0.2) is 25.6 Å². The Morgan fingerprint density at radius 2 is 2.17 bits per heavy atom. The highest BCUT2D eigenvalue weighted by Gasteiger charge is 2.35. The van der Waals surface area contributed by atoms with Crippen molar-refractivity contribution < 1.29 is 14.2 Å². The smallest absolute Gasteiger partial charge is 0.157 e. The Bertz CT molecular complexity index is 560. The first-order valence-corrected chi connectivity index (χ1v) is 9.10. The van der Waals surface area contributed by atoms with Crippen molar-refractivity contribution in [3.05, 3.63) is 41.5 Å². The van der Waals surface area contributed by atoms with Crippen LogP contribution < -0.4 is 4.74 Å². The largest absolute Gasteiger partial charge is 0.489 e. The van der Waals surface area contributed by atoms with E-state index in [2.05, 4.69) is 30.4 Å². The first kappa shape index (κ1) is 15.2. The molecule has 1 aliphatic carbocycles. The van der Waals surface area contributed by atoms with Crippen LogP contribution in [-0.2, 0) is 15.9 Å². The predicted molar refractivity (Wildman–Crippen MR) is 89.8 cm³/mol. The predicted octanol–water partition coefficient (Wildman–Crippen LogP) is 4.36. The lowest BCUT2D eigenvalue weighted by atomic mass is 9.95. The van der Waals surface area contributed by atoms with Crippen LogP contribution in [0.3, 0.4) is 0 Å².